The quantitative estimate of drug-likeness (QED) is 0.0964. The summed E-state index contributed by atoms with van der Waals surface area (Å²) in [4.78, 5) is 55.8. The Kier molecular flexibility index (Phi) is 12.2. The minimum atomic E-state index is -0.597. The van der Waals surface area contributed by atoms with Gasteiger partial charge in [0.1, 0.15) is 29.7 Å². The fourth-order valence-corrected chi connectivity index (χ4v) is 14.2. The number of amides is 1. The number of carbonyl (C=O) groups excluding carboxylic acids is 4. The molecule has 7 atom stereocenters. The number of ether oxygens (including phenoxy) is 1. The first-order valence-electron chi connectivity index (χ1n) is 24.8. The van der Waals surface area contributed by atoms with E-state index in [2.05, 4.69) is 81.5 Å². The predicted molar refractivity (Wildman–Crippen MR) is 256 cm³/mol. The van der Waals surface area contributed by atoms with Gasteiger partial charge < -0.3 is 15.2 Å². The Morgan fingerprint density at radius 3 is 1.86 bits per heavy atom. The number of unbranched alkanes of at least 4 members (excludes halogenated alkanes) is 1. The van der Waals surface area contributed by atoms with Crippen molar-refractivity contribution in [1.29, 1.82) is 0 Å². The van der Waals surface area contributed by atoms with E-state index in [1.54, 1.807) is 6.07 Å². The Bertz CT molecular complexity index is 2460. The van der Waals surface area contributed by atoms with E-state index in [4.69, 9.17) is 4.74 Å². The molecule has 65 heavy (non-hydrogen) atoms. The average Bonchev–Trinajstić information content (AvgIpc) is 3.61. The largest absolute Gasteiger partial charge is 0.508 e. The van der Waals surface area contributed by atoms with Gasteiger partial charge in [-0.25, -0.2) is 4.79 Å². The molecular formula is C58H69NO6. The first-order valence-corrected chi connectivity index (χ1v) is 24.8. The van der Waals surface area contributed by atoms with Gasteiger partial charge in [-0.1, -0.05) is 127 Å². The van der Waals surface area contributed by atoms with Crippen LogP contribution in [0.4, 0.5) is 4.79 Å². The van der Waals surface area contributed by atoms with Crippen molar-refractivity contribution < 1.29 is 29.0 Å². The number of nitrogens with one attached hydrogen (secondary N) is 1. The third kappa shape index (κ3) is 8.07. The topological polar surface area (TPSA) is 110 Å². The predicted octanol–water partition coefficient (Wildman–Crippen LogP) is 12.1. The van der Waals surface area contributed by atoms with Crippen LogP contribution in [0.25, 0.3) is 11.1 Å². The summed E-state index contributed by atoms with van der Waals surface area (Å²) in [6.45, 7) is 11.7. The van der Waals surface area contributed by atoms with Crippen LogP contribution in [0, 0.1) is 28.6 Å². The number of benzene rings is 4. The third-order valence-corrected chi connectivity index (χ3v) is 18.0. The highest BCUT2D eigenvalue weighted by atomic mass is 16.5. The van der Waals surface area contributed by atoms with E-state index in [-0.39, 0.29) is 70.6 Å². The van der Waals surface area contributed by atoms with Crippen molar-refractivity contribution in [3.8, 4) is 16.9 Å². The molecule has 5 aliphatic carbocycles. The molecule has 0 saturated heterocycles. The van der Waals surface area contributed by atoms with E-state index in [0.29, 0.717) is 13.0 Å². The molecule has 1 amide bonds. The minimum Gasteiger partial charge on any atom is -0.508 e. The van der Waals surface area contributed by atoms with Gasteiger partial charge in [-0.05, 0) is 149 Å². The number of rotatable bonds is 14. The number of hydrogen-bond donors (Lipinski definition) is 2. The van der Waals surface area contributed by atoms with Gasteiger partial charge in [0.05, 0.1) is 6.42 Å². The Labute approximate surface area is 386 Å². The lowest BCUT2D eigenvalue weighted by Crippen LogP contribution is -2.55. The molecule has 7 nitrogen and oxygen atoms in total. The van der Waals surface area contributed by atoms with Gasteiger partial charge in [0.2, 0.25) is 0 Å². The standard InChI is InChI=1S/C58H69NO6/c1-37(14-10-11-31-59-54(64)65-36-46-44-17-8-6-15-42(44)43-16-7-9-18-45(43)46)49(61)33-38-19-20-39-22-25-50-55(2,47(39)32-38)27-12-29-57(50,4)52(62)35-53(63)58(5)30-13-28-56(3)48-34-41(60)24-21-40(48)23-26-51(56)58/h6-9,15-21,24,32,34,37,46,50-51,60H,10-14,22-23,25-31,33,35-36H2,1-5H3,(H,59,64)/t37-,50+,51+,55+,56+,57-,58-/m0/s1. The molecule has 0 unspecified atom stereocenters. The smallest absolute Gasteiger partial charge is 0.407 e. The zero-order valence-corrected chi connectivity index (χ0v) is 39.4. The molecule has 342 valence electrons. The summed E-state index contributed by atoms with van der Waals surface area (Å²) in [5.74, 6) is 0.893. The monoisotopic (exact) mass is 876 g/mol. The van der Waals surface area contributed by atoms with Crippen molar-refractivity contribution >= 4 is 23.4 Å². The van der Waals surface area contributed by atoms with Crippen LogP contribution < -0.4 is 5.32 Å². The zero-order valence-electron chi connectivity index (χ0n) is 39.4. The van der Waals surface area contributed by atoms with Crippen LogP contribution in [0.15, 0.2) is 84.9 Å². The summed E-state index contributed by atoms with van der Waals surface area (Å²) < 4.78 is 5.71. The lowest BCUT2D eigenvalue weighted by atomic mass is 9.47. The molecular weight excluding hydrogens is 807 g/mol. The number of phenolic OH excluding ortho intramolecular Hbond substituents is 1. The summed E-state index contributed by atoms with van der Waals surface area (Å²) in [5, 5.41) is 13.4. The number of hydrogen-bond acceptors (Lipinski definition) is 6. The normalized spacial score (nSPS) is 28.0. The molecule has 4 aromatic carbocycles. The third-order valence-electron chi connectivity index (χ3n) is 18.0. The van der Waals surface area contributed by atoms with E-state index < -0.39 is 16.9 Å². The van der Waals surface area contributed by atoms with Crippen molar-refractivity contribution in [1.82, 2.24) is 5.32 Å². The van der Waals surface area contributed by atoms with Crippen LogP contribution in [-0.4, -0.2) is 41.7 Å². The molecule has 7 heteroatoms. The molecule has 4 aromatic rings. The SMILES string of the molecule is C[C@@H](CCCCNC(=O)OCC1c2ccccc2-c2ccccc21)C(=O)Cc1ccc2c(c1)[C@@]1(C)CCC[C@](C)(C(=O)CC(=O)[C@@]3(C)CCC[C@]4(C)c5cc(O)ccc5CC[C@@H]34)[C@@H]1CC2. The zero-order chi connectivity index (χ0) is 45.7. The molecule has 0 heterocycles. The molecule has 5 aliphatic rings. The molecule has 0 bridgehead atoms. The van der Waals surface area contributed by atoms with Crippen LogP contribution in [0.1, 0.15) is 157 Å². The fourth-order valence-electron chi connectivity index (χ4n) is 14.2. The van der Waals surface area contributed by atoms with Gasteiger partial charge in [0.25, 0.3) is 0 Å². The number of aryl methyl sites for hydroxylation is 2. The van der Waals surface area contributed by atoms with Crippen molar-refractivity contribution in [2.75, 3.05) is 13.2 Å². The van der Waals surface area contributed by atoms with Crippen molar-refractivity contribution in [3.05, 3.63) is 124 Å². The minimum absolute atomic E-state index is 0.0101. The molecule has 2 fully saturated rings. The van der Waals surface area contributed by atoms with E-state index in [0.717, 1.165) is 89.0 Å². The first kappa shape index (κ1) is 45.1. The highest BCUT2D eigenvalue weighted by molar-refractivity contribution is 6.04. The molecule has 0 radical (unpaired) electrons. The van der Waals surface area contributed by atoms with Gasteiger partial charge in [-0.3, -0.25) is 14.4 Å². The number of alkyl carbamates (subject to hydrolysis) is 1. The second kappa shape index (κ2) is 17.6. The van der Waals surface area contributed by atoms with Crippen LogP contribution in [0.2, 0.25) is 0 Å². The average molecular weight is 876 g/mol. The summed E-state index contributed by atoms with van der Waals surface area (Å²) in [6, 6.07) is 29.0. The number of fused-ring (bicyclic) bond motifs is 9. The number of aromatic hydroxyl groups is 1. The Hall–Kier alpha value is -5.04. The van der Waals surface area contributed by atoms with Gasteiger partial charge in [0.15, 0.2) is 0 Å². The summed E-state index contributed by atoms with van der Waals surface area (Å²) in [7, 11) is 0. The second-order valence-electron chi connectivity index (χ2n) is 21.7. The summed E-state index contributed by atoms with van der Waals surface area (Å²) >= 11 is 0. The van der Waals surface area contributed by atoms with E-state index in [1.165, 1.54) is 44.5 Å². The van der Waals surface area contributed by atoms with Gasteiger partial charge in [-0.15, -0.1) is 0 Å². The number of phenols is 1. The molecule has 2 saturated carbocycles. The number of Topliss-reactive ketones (excluding diaryl/α,β-unsaturated/α-hetero) is 3. The molecule has 2 N–H and O–H groups in total. The Morgan fingerprint density at radius 1 is 0.708 bits per heavy atom. The maximum Gasteiger partial charge on any atom is 0.407 e. The fraction of sp³-hybridized carbons (Fsp3) is 0.517. The van der Waals surface area contributed by atoms with Crippen LogP contribution in [0.5, 0.6) is 5.75 Å². The van der Waals surface area contributed by atoms with E-state index in [9.17, 15) is 24.3 Å². The maximum atomic E-state index is 14.8. The highest BCUT2D eigenvalue weighted by Gasteiger charge is 2.58. The van der Waals surface area contributed by atoms with Crippen molar-refractivity contribution in [2.45, 2.75) is 148 Å². The van der Waals surface area contributed by atoms with Gasteiger partial charge in [-0.2, -0.15) is 0 Å². The molecule has 0 aliphatic heterocycles. The van der Waals surface area contributed by atoms with Gasteiger partial charge in [0, 0.05) is 35.6 Å². The van der Waals surface area contributed by atoms with E-state index in [1.807, 2.05) is 37.3 Å². The molecule has 0 spiro atoms. The van der Waals surface area contributed by atoms with Crippen LogP contribution >= 0.6 is 0 Å². The maximum absolute atomic E-state index is 14.8. The van der Waals surface area contributed by atoms with Crippen molar-refractivity contribution in [2.24, 2.45) is 28.6 Å². The van der Waals surface area contributed by atoms with E-state index >= 15 is 0 Å². The highest BCUT2D eigenvalue weighted by Crippen LogP contribution is 2.61. The van der Waals surface area contributed by atoms with Crippen molar-refractivity contribution in [3.63, 3.8) is 0 Å². The molecule has 0 aromatic heterocycles. The number of carbonyl (C=O) groups is 4. The number of ketones is 3. The Morgan fingerprint density at radius 2 is 1.26 bits per heavy atom. The van der Waals surface area contributed by atoms with Crippen LogP contribution in [-0.2, 0) is 49.2 Å². The summed E-state index contributed by atoms with van der Waals surface area (Å²) in [6.07, 6.45) is 11.4. The lowest BCUT2D eigenvalue weighted by molar-refractivity contribution is -0.146. The Balaban J connectivity index is 0.780. The lowest BCUT2D eigenvalue weighted by Gasteiger charge is -2.56. The first-order chi connectivity index (χ1) is 31.2. The van der Waals surface area contributed by atoms with Gasteiger partial charge >= 0.3 is 6.09 Å². The second-order valence-corrected chi connectivity index (χ2v) is 21.7. The summed E-state index contributed by atoms with van der Waals surface area (Å²) in [5.41, 5.74) is 9.28. The molecule has 9 rings (SSSR count). The van der Waals surface area contributed by atoms with Crippen LogP contribution in [0.3, 0.4) is 0 Å².